The van der Waals surface area contributed by atoms with E-state index in [1.807, 2.05) is 45.2 Å². The normalized spacial score (nSPS) is 12.3. The van der Waals surface area contributed by atoms with Gasteiger partial charge in [0.05, 0.1) is 11.6 Å². The predicted molar refractivity (Wildman–Crippen MR) is 126 cm³/mol. The molecule has 0 aliphatic heterocycles. The molecule has 9 heteroatoms. The van der Waals surface area contributed by atoms with Crippen molar-refractivity contribution in [2.24, 2.45) is 12.0 Å². The van der Waals surface area contributed by atoms with Crippen LogP contribution in [0.4, 0.5) is 0 Å². The number of aromatic nitrogens is 1. The van der Waals surface area contributed by atoms with E-state index in [1.54, 1.807) is 10.6 Å². The Bertz CT molecular complexity index is 783. The highest BCUT2D eigenvalue weighted by Crippen LogP contribution is 2.25. The maximum Gasteiger partial charge on any atom is 0.191 e. The molecular weight excluding hydrogens is 514 g/mol. The van der Waals surface area contributed by atoms with Crippen LogP contribution < -0.4 is 15.4 Å². The zero-order valence-electron chi connectivity index (χ0n) is 16.2. The van der Waals surface area contributed by atoms with Gasteiger partial charge < -0.3 is 25.0 Å². The molecule has 0 aliphatic rings. The molecule has 1 aromatic carbocycles. The molecule has 0 spiro atoms. The second-order valence-electron chi connectivity index (χ2n) is 6.19. The summed E-state index contributed by atoms with van der Waals surface area (Å²) in [5, 5.41) is 17.4. The summed E-state index contributed by atoms with van der Waals surface area (Å²) in [6.07, 6.45) is -0.673. The first-order valence-corrected chi connectivity index (χ1v) is 9.55. The third-order valence-corrected chi connectivity index (χ3v) is 4.74. The number of aliphatic imine (C=N–C) groups is 1. The van der Waals surface area contributed by atoms with Gasteiger partial charge in [-0.05, 0) is 37.6 Å². The molecule has 6 nitrogen and oxygen atoms in total. The van der Waals surface area contributed by atoms with Crippen LogP contribution in [-0.2, 0) is 13.6 Å². The van der Waals surface area contributed by atoms with Gasteiger partial charge in [0.25, 0.3) is 0 Å². The largest absolute Gasteiger partial charge is 0.491 e. The summed E-state index contributed by atoms with van der Waals surface area (Å²) in [4.78, 5) is 4.51. The quantitative estimate of drug-likeness (QED) is 0.271. The summed E-state index contributed by atoms with van der Waals surface area (Å²) in [6.45, 7) is 5.59. The highest BCUT2D eigenvalue weighted by Gasteiger charge is 2.10. The fraction of sp³-hybridized carbons (Fsp3) is 0.421. The van der Waals surface area contributed by atoms with E-state index < -0.39 is 6.10 Å². The highest BCUT2D eigenvalue weighted by molar-refractivity contribution is 14.0. The molecular formula is C19H27Cl2IN4O2. The Morgan fingerprint density at radius 1 is 1.29 bits per heavy atom. The van der Waals surface area contributed by atoms with Crippen molar-refractivity contribution in [3.05, 3.63) is 51.8 Å². The summed E-state index contributed by atoms with van der Waals surface area (Å²) >= 11 is 12.1. The van der Waals surface area contributed by atoms with Gasteiger partial charge in [-0.3, -0.25) is 0 Å². The van der Waals surface area contributed by atoms with Crippen LogP contribution in [0.1, 0.15) is 18.2 Å². The average Bonchev–Trinajstić information content (AvgIpc) is 2.89. The molecule has 0 aliphatic carbocycles. The molecule has 3 N–H and O–H groups in total. The van der Waals surface area contributed by atoms with E-state index in [4.69, 9.17) is 27.9 Å². The molecule has 0 bridgehead atoms. The first-order valence-electron chi connectivity index (χ1n) is 8.80. The number of nitrogens with zero attached hydrogens (tertiary/aromatic N) is 2. The van der Waals surface area contributed by atoms with Crippen molar-refractivity contribution in [2.45, 2.75) is 26.5 Å². The van der Waals surface area contributed by atoms with Gasteiger partial charge in [0, 0.05) is 25.8 Å². The summed E-state index contributed by atoms with van der Waals surface area (Å²) in [7, 11) is 1.84. The van der Waals surface area contributed by atoms with Gasteiger partial charge in [-0.25, -0.2) is 4.99 Å². The minimum atomic E-state index is -0.673. The smallest absolute Gasteiger partial charge is 0.191 e. The lowest BCUT2D eigenvalue weighted by atomic mass is 10.2. The molecule has 0 fully saturated rings. The van der Waals surface area contributed by atoms with Crippen LogP contribution in [0.2, 0.25) is 10.2 Å². The van der Waals surface area contributed by atoms with Crippen LogP contribution in [0.3, 0.4) is 0 Å². The number of benzene rings is 1. The lowest BCUT2D eigenvalue weighted by molar-refractivity contribution is 0.110. The molecule has 156 valence electrons. The van der Waals surface area contributed by atoms with Crippen LogP contribution in [0, 0.1) is 6.92 Å². The number of rotatable bonds is 8. The van der Waals surface area contributed by atoms with Crippen LogP contribution in [0.15, 0.2) is 35.3 Å². The minimum Gasteiger partial charge on any atom is -0.491 e. The summed E-state index contributed by atoms with van der Waals surface area (Å²) in [6, 6.07) is 9.52. The summed E-state index contributed by atoms with van der Waals surface area (Å²) in [5.41, 5.74) is 2.01. The van der Waals surface area contributed by atoms with Gasteiger partial charge >= 0.3 is 0 Å². The van der Waals surface area contributed by atoms with Gasteiger partial charge in [-0.15, -0.1) is 24.0 Å². The van der Waals surface area contributed by atoms with E-state index in [0.717, 1.165) is 17.0 Å². The highest BCUT2D eigenvalue weighted by atomic mass is 127. The monoisotopic (exact) mass is 540 g/mol. The number of aryl methyl sites for hydroxylation is 1. The molecule has 1 unspecified atom stereocenters. The van der Waals surface area contributed by atoms with Crippen molar-refractivity contribution in [1.82, 2.24) is 15.2 Å². The number of aliphatic hydroxyl groups excluding tert-OH is 1. The van der Waals surface area contributed by atoms with Crippen molar-refractivity contribution in [1.29, 1.82) is 0 Å². The zero-order valence-corrected chi connectivity index (χ0v) is 20.0. The molecule has 2 rings (SSSR count). The first kappa shape index (κ1) is 24.9. The molecule has 0 saturated carbocycles. The molecule has 2 aromatic rings. The third-order valence-electron chi connectivity index (χ3n) is 3.90. The van der Waals surface area contributed by atoms with Crippen molar-refractivity contribution in [3.63, 3.8) is 0 Å². The van der Waals surface area contributed by atoms with Crippen LogP contribution in [0.25, 0.3) is 0 Å². The van der Waals surface area contributed by atoms with E-state index in [9.17, 15) is 5.11 Å². The standard InChI is InChI=1S/C19H26Cl2N4O2.HI/c1-4-22-19(23-10-14-9-17(20)18(21)25(14)3)24-11-15(26)12-27-16-7-5-6-13(2)8-16;/h5-9,15,26H,4,10-12H2,1-3H3,(H2,22,23,24);1H. The second-order valence-corrected chi connectivity index (χ2v) is 6.96. The number of hydrogen-bond donors (Lipinski definition) is 3. The van der Waals surface area contributed by atoms with Crippen molar-refractivity contribution < 1.29 is 9.84 Å². The van der Waals surface area contributed by atoms with Crippen LogP contribution >= 0.6 is 47.2 Å². The Morgan fingerprint density at radius 3 is 2.64 bits per heavy atom. The first-order chi connectivity index (χ1) is 12.9. The van der Waals surface area contributed by atoms with Crippen molar-refractivity contribution >= 4 is 53.1 Å². The molecule has 1 aromatic heterocycles. The van der Waals surface area contributed by atoms with Crippen molar-refractivity contribution in [3.8, 4) is 5.75 Å². The topological polar surface area (TPSA) is 70.8 Å². The minimum absolute atomic E-state index is 0. The van der Waals surface area contributed by atoms with Crippen LogP contribution in [-0.4, -0.2) is 41.4 Å². The maximum absolute atomic E-state index is 10.2. The van der Waals surface area contributed by atoms with E-state index >= 15 is 0 Å². The Kier molecular flexibility index (Phi) is 11.0. The molecule has 1 heterocycles. The van der Waals surface area contributed by atoms with Crippen molar-refractivity contribution in [2.75, 3.05) is 19.7 Å². The number of halogens is 3. The molecule has 0 saturated heterocycles. The Hall–Kier alpha value is -1.16. The average molecular weight is 541 g/mol. The Labute approximate surface area is 193 Å². The Balaban J connectivity index is 0.00000392. The van der Waals surface area contributed by atoms with Gasteiger partial charge in [-0.1, -0.05) is 35.3 Å². The molecule has 1 atom stereocenters. The number of aliphatic hydroxyl groups is 1. The fourth-order valence-electron chi connectivity index (χ4n) is 2.41. The molecule has 0 amide bonds. The van der Waals surface area contributed by atoms with Gasteiger partial charge in [-0.2, -0.15) is 0 Å². The van der Waals surface area contributed by atoms with Crippen LogP contribution in [0.5, 0.6) is 5.75 Å². The zero-order chi connectivity index (χ0) is 19.8. The van der Waals surface area contributed by atoms with E-state index in [-0.39, 0.29) is 30.6 Å². The van der Waals surface area contributed by atoms with Gasteiger partial charge in [0.1, 0.15) is 23.6 Å². The maximum atomic E-state index is 10.2. The number of nitrogens with one attached hydrogen (secondary N) is 2. The number of guanidine groups is 1. The van der Waals surface area contributed by atoms with Gasteiger partial charge in [0.15, 0.2) is 5.96 Å². The summed E-state index contributed by atoms with van der Waals surface area (Å²) in [5.74, 6) is 1.34. The lowest BCUT2D eigenvalue weighted by Gasteiger charge is -2.16. The third kappa shape index (κ3) is 7.69. The second kappa shape index (κ2) is 12.4. The van der Waals surface area contributed by atoms with E-state index in [1.165, 1.54) is 0 Å². The van der Waals surface area contributed by atoms with Gasteiger partial charge in [0.2, 0.25) is 0 Å². The lowest BCUT2D eigenvalue weighted by Crippen LogP contribution is -2.42. The molecule has 28 heavy (non-hydrogen) atoms. The Morgan fingerprint density at radius 2 is 2.04 bits per heavy atom. The predicted octanol–water partition coefficient (Wildman–Crippen LogP) is 3.75. The molecule has 0 radical (unpaired) electrons. The number of hydrogen-bond acceptors (Lipinski definition) is 3. The van der Waals surface area contributed by atoms with E-state index in [0.29, 0.717) is 35.8 Å². The number of ether oxygens (including phenoxy) is 1. The summed E-state index contributed by atoms with van der Waals surface area (Å²) < 4.78 is 7.41. The fourth-order valence-corrected chi connectivity index (χ4v) is 2.83. The van der Waals surface area contributed by atoms with E-state index in [2.05, 4.69) is 15.6 Å². The SMILES string of the molecule is CCNC(=NCc1cc(Cl)c(Cl)n1C)NCC(O)COc1cccc(C)c1.I.